The van der Waals surface area contributed by atoms with Crippen LogP contribution in [0.25, 0.3) is 10.9 Å². The number of aromatic nitrogens is 1. The number of nitrogens with one attached hydrogen (secondary N) is 2. The van der Waals surface area contributed by atoms with Crippen molar-refractivity contribution in [1.29, 1.82) is 0 Å². The Balaban J connectivity index is 1.61. The zero-order valence-corrected chi connectivity index (χ0v) is 21.9. The molecule has 0 atom stereocenters. The van der Waals surface area contributed by atoms with Crippen LogP contribution >= 0.6 is 11.6 Å². The molecule has 0 radical (unpaired) electrons. The lowest BCUT2D eigenvalue weighted by Crippen LogP contribution is -2.37. The van der Waals surface area contributed by atoms with Crippen molar-refractivity contribution in [3.8, 4) is 11.5 Å². The van der Waals surface area contributed by atoms with Crippen LogP contribution in [0.2, 0.25) is 5.02 Å². The summed E-state index contributed by atoms with van der Waals surface area (Å²) in [5, 5.41) is 4.43. The molecule has 0 spiro atoms. The molecule has 0 aliphatic carbocycles. The maximum Gasteiger partial charge on any atom is 0.322 e. The highest BCUT2D eigenvalue weighted by Gasteiger charge is 2.17. The number of aromatic amines is 1. The fourth-order valence-corrected chi connectivity index (χ4v) is 4.26. The van der Waals surface area contributed by atoms with Gasteiger partial charge in [-0.3, -0.25) is 4.79 Å². The number of aryl methyl sites for hydroxylation is 1. The van der Waals surface area contributed by atoms with Crippen molar-refractivity contribution in [2.45, 2.75) is 26.3 Å². The van der Waals surface area contributed by atoms with E-state index in [1.54, 1.807) is 43.4 Å². The summed E-state index contributed by atoms with van der Waals surface area (Å²) in [5.41, 5.74) is 3.84. The summed E-state index contributed by atoms with van der Waals surface area (Å²) in [6, 6.07) is 20.1. The van der Waals surface area contributed by atoms with Crippen LogP contribution in [-0.4, -0.2) is 36.7 Å². The number of nitrogens with zero attached hydrogens (tertiary/aromatic N) is 1. The summed E-state index contributed by atoms with van der Waals surface area (Å²) in [6.07, 6.45) is 1.45. The number of carbonyl (C=O) groups is 1. The number of urea groups is 1. The van der Waals surface area contributed by atoms with Gasteiger partial charge in [-0.25, -0.2) is 4.79 Å². The highest BCUT2D eigenvalue weighted by atomic mass is 35.5. The van der Waals surface area contributed by atoms with Crippen LogP contribution in [0.15, 0.2) is 71.5 Å². The molecule has 0 aliphatic heterocycles. The lowest BCUT2D eigenvalue weighted by Gasteiger charge is -2.23. The highest BCUT2D eigenvalue weighted by Crippen LogP contribution is 2.28. The zero-order chi connectivity index (χ0) is 26.4. The van der Waals surface area contributed by atoms with Crippen LogP contribution in [-0.2, 0) is 19.4 Å². The van der Waals surface area contributed by atoms with Gasteiger partial charge in [-0.15, -0.1) is 0 Å². The standard InChI is InChI=1S/C29H30ClN3O4/c1-4-19-5-11-25-21(15-19)17-22(28(34)32-25)18-33(29(35)31-24-9-7-23(30)8-10-24)14-13-20-6-12-26(36-2)27(16-20)37-3/h5-12,15-17H,4,13-14,18H2,1-3H3,(H,31,35)(H,32,34). The number of ether oxygens (including phenoxy) is 2. The van der Waals surface area contributed by atoms with E-state index in [0.717, 1.165) is 22.9 Å². The molecule has 1 heterocycles. The van der Waals surface area contributed by atoms with E-state index in [4.69, 9.17) is 21.1 Å². The van der Waals surface area contributed by atoms with E-state index in [-0.39, 0.29) is 18.1 Å². The van der Waals surface area contributed by atoms with Crippen LogP contribution in [0.4, 0.5) is 10.5 Å². The molecule has 0 saturated heterocycles. The Morgan fingerprint density at radius 1 is 0.946 bits per heavy atom. The van der Waals surface area contributed by atoms with E-state index < -0.39 is 0 Å². The first kappa shape index (κ1) is 26.1. The van der Waals surface area contributed by atoms with Gasteiger partial charge in [-0.2, -0.15) is 0 Å². The Morgan fingerprint density at radius 2 is 1.68 bits per heavy atom. The third-order valence-electron chi connectivity index (χ3n) is 6.26. The Kier molecular flexibility index (Phi) is 8.36. The van der Waals surface area contributed by atoms with E-state index in [1.165, 1.54) is 5.56 Å². The minimum absolute atomic E-state index is 0.147. The van der Waals surface area contributed by atoms with E-state index in [2.05, 4.69) is 23.3 Å². The molecule has 7 nitrogen and oxygen atoms in total. The molecule has 192 valence electrons. The minimum atomic E-state index is -0.315. The highest BCUT2D eigenvalue weighted by molar-refractivity contribution is 6.30. The Labute approximate surface area is 221 Å². The van der Waals surface area contributed by atoms with Gasteiger partial charge in [-0.1, -0.05) is 30.7 Å². The van der Waals surface area contributed by atoms with Gasteiger partial charge in [0.15, 0.2) is 11.5 Å². The number of rotatable bonds is 9. The average Bonchev–Trinajstić information content (AvgIpc) is 2.91. The first-order valence-corrected chi connectivity index (χ1v) is 12.4. The molecule has 2 N–H and O–H groups in total. The number of anilines is 1. The Bertz CT molecular complexity index is 1450. The molecule has 0 saturated carbocycles. The maximum absolute atomic E-state index is 13.3. The summed E-state index contributed by atoms with van der Waals surface area (Å²) in [5.74, 6) is 1.26. The van der Waals surface area contributed by atoms with Gasteiger partial charge in [-0.05, 0) is 84.0 Å². The predicted octanol–water partition coefficient (Wildman–Crippen LogP) is 6.04. The van der Waals surface area contributed by atoms with Crippen molar-refractivity contribution in [3.63, 3.8) is 0 Å². The summed E-state index contributed by atoms with van der Waals surface area (Å²) >= 11 is 5.99. The zero-order valence-electron chi connectivity index (χ0n) is 21.1. The van der Waals surface area contributed by atoms with Crippen LogP contribution < -0.4 is 20.3 Å². The second-order valence-corrected chi connectivity index (χ2v) is 9.13. The van der Waals surface area contributed by atoms with Crippen molar-refractivity contribution in [2.24, 2.45) is 0 Å². The number of methoxy groups -OCH3 is 2. The summed E-state index contributed by atoms with van der Waals surface area (Å²) in [6.45, 7) is 2.61. The summed E-state index contributed by atoms with van der Waals surface area (Å²) in [4.78, 5) is 30.8. The second kappa shape index (κ2) is 11.8. The maximum atomic E-state index is 13.3. The van der Waals surface area contributed by atoms with E-state index in [0.29, 0.717) is 40.7 Å². The van der Waals surface area contributed by atoms with Crippen molar-refractivity contribution in [1.82, 2.24) is 9.88 Å². The summed E-state index contributed by atoms with van der Waals surface area (Å²) in [7, 11) is 3.17. The number of H-pyrrole nitrogens is 1. The molecule has 0 bridgehead atoms. The van der Waals surface area contributed by atoms with Gasteiger partial charge >= 0.3 is 6.03 Å². The molecule has 1 aromatic heterocycles. The lowest BCUT2D eigenvalue weighted by molar-refractivity contribution is 0.209. The van der Waals surface area contributed by atoms with E-state index in [9.17, 15) is 9.59 Å². The summed E-state index contributed by atoms with van der Waals surface area (Å²) < 4.78 is 10.7. The quantitative estimate of drug-likeness (QED) is 0.282. The molecule has 0 fully saturated rings. The molecule has 0 unspecified atom stereocenters. The first-order valence-electron chi connectivity index (χ1n) is 12.1. The number of amides is 2. The Hall–Kier alpha value is -3.97. The van der Waals surface area contributed by atoms with Gasteiger partial charge < -0.3 is 24.7 Å². The van der Waals surface area contributed by atoms with Crippen molar-refractivity contribution >= 4 is 34.2 Å². The molecule has 4 aromatic rings. The van der Waals surface area contributed by atoms with Crippen molar-refractivity contribution in [3.05, 3.63) is 98.8 Å². The molecule has 37 heavy (non-hydrogen) atoms. The van der Waals surface area contributed by atoms with Gasteiger partial charge in [0.1, 0.15) is 0 Å². The molecule has 0 aliphatic rings. The van der Waals surface area contributed by atoms with Crippen LogP contribution in [0.1, 0.15) is 23.6 Å². The molecule has 4 rings (SSSR count). The van der Waals surface area contributed by atoms with E-state index >= 15 is 0 Å². The van der Waals surface area contributed by atoms with Crippen LogP contribution in [0.3, 0.4) is 0 Å². The smallest absolute Gasteiger partial charge is 0.322 e. The molecule has 2 amide bonds. The van der Waals surface area contributed by atoms with Crippen LogP contribution in [0, 0.1) is 0 Å². The fraction of sp³-hybridized carbons (Fsp3) is 0.241. The molecule has 8 heteroatoms. The van der Waals surface area contributed by atoms with Crippen LogP contribution in [0.5, 0.6) is 11.5 Å². The second-order valence-electron chi connectivity index (χ2n) is 8.70. The monoisotopic (exact) mass is 519 g/mol. The lowest BCUT2D eigenvalue weighted by atomic mass is 10.1. The minimum Gasteiger partial charge on any atom is -0.493 e. The third-order valence-corrected chi connectivity index (χ3v) is 6.51. The number of fused-ring (bicyclic) bond motifs is 1. The molecule has 3 aromatic carbocycles. The van der Waals surface area contributed by atoms with Gasteiger partial charge in [0, 0.05) is 28.3 Å². The predicted molar refractivity (Wildman–Crippen MR) is 148 cm³/mol. The van der Waals surface area contributed by atoms with Crippen molar-refractivity contribution in [2.75, 3.05) is 26.1 Å². The number of pyridine rings is 1. The molecular weight excluding hydrogens is 490 g/mol. The number of carbonyl (C=O) groups excluding carboxylic acids is 1. The normalized spacial score (nSPS) is 10.8. The van der Waals surface area contributed by atoms with E-state index in [1.807, 2.05) is 36.4 Å². The number of halogens is 1. The van der Waals surface area contributed by atoms with Crippen molar-refractivity contribution < 1.29 is 14.3 Å². The average molecular weight is 520 g/mol. The Morgan fingerprint density at radius 3 is 2.38 bits per heavy atom. The fourth-order valence-electron chi connectivity index (χ4n) is 4.13. The topological polar surface area (TPSA) is 83.7 Å². The largest absolute Gasteiger partial charge is 0.493 e. The van der Waals surface area contributed by atoms with Gasteiger partial charge in [0.05, 0.1) is 20.8 Å². The molecular formula is C29H30ClN3O4. The first-order chi connectivity index (χ1) is 17.9. The number of benzene rings is 3. The van der Waals surface area contributed by atoms with Gasteiger partial charge in [0.25, 0.3) is 5.56 Å². The number of hydrogen-bond donors (Lipinski definition) is 2. The number of hydrogen-bond acceptors (Lipinski definition) is 4. The SMILES string of the molecule is CCc1ccc2[nH]c(=O)c(CN(CCc3ccc(OC)c(OC)c3)C(=O)Nc3ccc(Cl)cc3)cc2c1. The van der Waals surface area contributed by atoms with Gasteiger partial charge in [0.2, 0.25) is 0 Å². The third kappa shape index (κ3) is 6.43.